The molecular weight excluding hydrogens is 236 g/mol. The predicted octanol–water partition coefficient (Wildman–Crippen LogP) is 1.91. The molecule has 0 radical (unpaired) electrons. The number of hydrogen-bond donors (Lipinski definition) is 2. The maximum Gasteiger partial charge on any atom is 0.240 e. The number of amides is 1. The number of carbonyl (C=O) groups excluding carboxylic acids is 1. The lowest BCUT2D eigenvalue weighted by Gasteiger charge is -2.36. The van der Waals surface area contributed by atoms with Gasteiger partial charge in [0.1, 0.15) is 0 Å². The molecule has 1 aromatic rings. The van der Waals surface area contributed by atoms with Gasteiger partial charge in [-0.1, -0.05) is 29.8 Å². The summed E-state index contributed by atoms with van der Waals surface area (Å²) in [6.07, 6.45) is 2.69. The van der Waals surface area contributed by atoms with Crippen LogP contribution in [0.5, 0.6) is 0 Å². The average molecular weight is 255 g/mol. The first-order valence-electron chi connectivity index (χ1n) is 5.73. The van der Waals surface area contributed by atoms with Gasteiger partial charge in [0.15, 0.2) is 0 Å². The summed E-state index contributed by atoms with van der Waals surface area (Å²) in [7, 11) is 0. The van der Waals surface area contributed by atoms with Crippen molar-refractivity contribution in [2.24, 2.45) is 5.73 Å². The van der Waals surface area contributed by atoms with Crippen LogP contribution in [0.1, 0.15) is 30.4 Å². The standard InChI is InChI=1S/C13H18N2O.ClH/c1-10-3-5-11(6-4-10)9-15-12(16)13(14)7-2-8-13;/h3-6H,2,7-9,14H2,1H3,(H,15,16);1H. The van der Waals surface area contributed by atoms with Gasteiger partial charge < -0.3 is 11.1 Å². The van der Waals surface area contributed by atoms with Gasteiger partial charge in [0.25, 0.3) is 0 Å². The lowest BCUT2D eigenvalue weighted by molar-refractivity contribution is -0.129. The van der Waals surface area contributed by atoms with E-state index in [1.54, 1.807) is 0 Å². The quantitative estimate of drug-likeness (QED) is 0.866. The minimum absolute atomic E-state index is 0. The highest BCUT2D eigenvalue weighted by Gasteiger charge is 2.39. The summed E-state index contributed by atoms with van der Waals surface area (Å²) >= 11 is 0. The molecule has 1 amide bonds. The summed E-state index contributed by atoms with van der Waals surface area (Å²) < 4.78 is 0. The molecule has 0 aromatic heterocycles. The average Bonchev–Trinajstić information content (AvgIpc) is 2.24. The third-order valence-electron chi connectivity index (χ3n) is 3.27. The van der Waals surface area contributed by atoms with E-state index in [0.29, 0.717) is 6.54 Å². The minimum Gasteiger partial charge on any atom is -0.350 e. The Labute approximate surface area is 108 Å². The summed E-state index contributed by atoms with van der Waals surface area (Å²) in [6, 6.07) is 8.14. The van der Waals surface area contributed by atoms with Crippen molar-refractivity contribution in [2.75, 3.05) is 0 Å². The second kappa shape index (κ2) is 5.52. The van der Waals surface area contributed by atoms with E-state index < -0.39 is 5.54 Å². The highest BCUT2D eigenvalue weighted by molar-refractivity contribution is 5.87. The van der Waals surface area contributed by atoms with Crippen molar-refractivity contribution in [1.29, 1.82) is 0 Å². The number of aryl methyl sites for hydroxylation is 1. The fraction of sp³-hybridized carbons (Fsp3) is 0.462. The van der Waals surface area contributed by atoms with Gasteiger partial charge in [-0.25, -0.2) is 0 Å². The Morgan fingerprint density at radius 2 is 1.94 bits per heavy atom. The van der Waals surface area contributed by atoms with Gasteiger partial charge in [-0.3, -0.25) is 4.79 Å². The van der Waals surface area contributed by atoms with Crippen molar-refractivity contribution >= 4 is 18.3 Å². The van der Waals surface area contributed by atoms with Crippen molar-refractivity contribution in [3.05, 3.63) is 35.4 Å². The van der Waals surface area contributed by atoms with Crippen LogP contribution < -0.4 is 11.1 Å². The van der Waals surface area contributed by atoms with E-state index in [1.165, 1.54) is 5.56 Å². The van der Waals surface area contributed by atoms with E-state index in [1.807, 2.05) is 31.2 Å². The predicted molar refractivity (Wildman–Crippen MR) is 71.0 cm³/mol. The first-order valence-corrected chi connectivity index (χ1v) is 5.73. The molecule has 0 bridgehead atoms. The molecule has 1 fully saturated rings. The fourth-order valence-electron chi connectivity index (χ4n) is 1.85. The molecule has 4 heteroatoms. The number of carbonyl (C=O) groups is 1. The Balaban J connectivity index is 0.00000144. The Morgan fingerprint density at radius 3 is 2.41 bits per heavy atom. The van der Waals surface area contributed by atoms with Crippen LogP contribution in [0.2, 0.25) is 0 Å². The normalized spacial score (nSPS) is 16.6. The Bertz CT molecular complexity index is 385. The van der Waals surface area contributed by atoms with E-state index in [0.717, 1.165) is 24.8 Å². The van der Waals surface area contributed by atoms with Gasteiger partial charge >= 0.3 is 0 Å². The van der Waals surface area contributed by atoms with Gasteiger partial charge in [0.05, 0.1) is 5.54 Å². The zero-order valence-corrected chi connectivity index (χ0v) is 10.8. The molecule has 1 saturated carbocycles. The summed E-state index contributed by atoms with van der Waals surface area (Å²) in [5.74, 6) is -0.0145. The number of hydrogen-bond acceptors (Lipinski definition) is 2. The topological polar surface area (TPSA) is 55.1 Å². The monoisotopic (exact) mass is 254 g/mol. The molecule has 0 heterocycles. The molecule has 0 spiro atoms. The fourth-order valence-corrected chi connectivity index (χ4v) is 1.85. The lowest BCUT2D eigenvalue weighted by Crippen LogP contribution is -2.58. The van der Waals surface area contributed by atoms with Crippen LogP contribution in [0.15, 0.2) is 24.3 Å². The molecule has 0 saturated heterocycles. The maximum absolute atomic E-state index is 11.8. The smallest absolute Gasteiger partial charge is 0.240 e. The molecule has 1 aromatic carbocycles. The van der Waals surface area contributed by atoms with Crippen LogP contribution in [0.3, 0.4) is 0 Å². The first kappa shape index (κ1) is 14.0. The second-order valence-electron chi connectivity index (χ2n) is 4.68. The van der Waals surface area contributed by atoms with Crippen LogP contribution in [0.25, 0.3) is 0 Å². The maximum atomic E-state index is 11.8. The first-order chi connectivity index (χ1) is 7.60. The highest BCUT2D eigenvalue weighted by atomic mass is 35.5. The number of halogens is 1. The van der Waals surface area contributed by atoms with Crippen molar-refractivity contribution in [1.82, 2.24) is 5.32 Å². The number of nitrogens with two attached hydrogens (primary N) is 1. The second-order valence-corrected chi connectivity index (χ2v) is 4.68. The molecular formula is C13H19ClN2O. The molecule has 3 N–H and O–H groups in total. The zero-order chi connectivity index (χ0) is 11.6. The number of rotatable bonds is 3. The van der Waals surface area contributed by atoms with Crippen molar-refractivity contribution in [2.45, 2.75) is 38.3 Å². The highest BCUT2D eigenvalue weighted by Crippen LogP contribution is 2.29. The molecule has 2 rings (SSSR count). The molecule has 3 nitrogen and oxygen atoms in total. The van der Waals surface area contributed by atoms with E-state index >= 15 is 0 Å². The molecule has 17 heavy (non-hydrogen) atoms. The zero-order valence-electron chi connectivity index (χ0n) is 10.0. The third kappa shape index (κ3) is 3.20. The van der Waals surface area contributed by atoms with Gasteiger partial charge in [-0.05, 0) is 31.7 Å². The Morgan fingerprint density at radius 1 is 1.35 bits per heavy atom. The van der Waals surface area contributed by atoms with Crippen LogP contribution in [-0.4, -0.2) is 11.4 Å². The van der Waals surface area contributed by atoms with Crippen LogP contribution in [0, 0.1) is 6.92 Å². The van der Waals surface area contributed by atoms with Crippen molar-refractivity contribution < 1.29 is 4.79 Å². The Hall–Kier alpha value is -1.06. The van der Waals surface area contributed by atoms with Crippen LogP contribution >= 0.6 is 12.4 Å². The van der Waals surface area contributed by atoms with Gasteiger partial charge in [-0.2, -0.15) is 0 Å². The molecule has 1 aliphatic carbocycles. The molecule has 94 valence electrons. The van der Waals surface area contributed by atoms with Gasteiger partial charge in [-0.15, -0.1) is 12.4 Å². The SMILES string of the molecule is Cc1ccc(CNC(=O)C2(N)CCC2)cc1.Cl. The number of benzene rings is 1. The molecule has 0 aliphatic heterocycles. The van der Waals surface area contributed by atoms with Crippen LogP contribution in [-0.2, 0) is 11.3 Å². The third-order valence-corrected chi connectivity index (χ3v) is 3.27. The molecule has 0 unspecified atom stereocenters. The summed E-state index contributed by atoms with van der Waals surface area (Å²) in [6.45, 7) is 2.61. The van der Waals surface area contributed by atoms with E-state index in [4.69, 9.17) is 5.73 Å². The molecule has 1 aliphatic rings. The lowest BCUT2D eigenvalue weighted by atomic mass is 9.77. The Kier molecular flexibility index (Phi) is 4.54. The van der Waals surface area contributed by atoms with Crippen LogP contribution in [0.4, 0.5) is 0 Å². The summed E-state index contributed by atoms with van der Waals surface area (Å²) in [5.41, 5.74) is 7.67. The largest absolute Gasteiger partial charge is 0.350 e. The van der Waals surface area contributed by atoms with Crippen molar-refractivity contribution in [3.63, 3.8) is 0 Å². The summed E-state index contributed by atoms with van der Waals surface area (Å²) in [4.78, 5) is 11.8. The van der Waals surface area contributed by atoms with E-state index in [2.05, 4.69) is 5.32 Å². The van der Waals surface area contributed by atoms with E-state index in [9.17, 15) is 4.79 Å². The van der Waals surface area contributed by atoms with Gasteiger partial charge in [0.2, 0.25) is 5.91 Å². The minimum atomic E-state index is -0.593. The van der Waals surface area contributed by atoms with Gasteiger partial charge in [0, 0.05) is 6.54 Å². The number of nitrogens with one attached hydrogen (secondary N) is 1. The summed E-state index contributed by atoms with van der Waals surface area (Å²) in [5, 5.41) is 2.90. The van der Waals surface area contributed by atoms with Crippen molar-refractivity contribution in [3.8, 4) is 0 Å². The van der Waals surface area contributed by atoms with E-state index in [-0.39, 0.29) is 18.3 Å². The molecule has 0 atom stereocenters.